The van der Waals surface area contributed by atoms with E-state index in [1.54, 1.807) is 7.11 Å². The molecule has 1 fully saturated rings. The predicted molar refractivity (Wildman–Crippen MR) is 138 cm³/mol. The van der Waals surface area contributed by atoms with Crippen LogP contribution in [-0.2, 0) is 17.6 Å². The van der Waals surface area contributed by atoms with Gasteiger partial charge in [0.2, 0.25) is 5.91 Å². The summed E-state index contributed by atoms with van der Waals surface area (Å²) in [7, 11) is 1.66. The molecule has 0 radical (unpaired) electrons. The largest absolute Gasteiger partial charge is 0.493 e. The lowest BCUT2D eigenvalue weighted by Gasteiger charge is -2.37. The maximum atomic E-state index is 12.5. The number of methoxy groups -OCH3 is 1. The van der Waals surface area contributed by atoms with Crippen LogP contribution in [0.15, 0.2) is 42.0 Å². The van der Waals surface area contributed by atoms with Gasteiger partial charge in [0.05, 0.1) is 23.9 Å². The molecule has 0 aromatic heterocycles. The van der Waals surface area contributed by atoms with Crippen molar-refractivity contribution in [3.05, 3.63) is 63.7 Å². The number of halogens is 1. The minimum absolute atomic E-state index is 0.0427. The zero-order valence-electron chi connectivity index (χ0n) is 20.0. The highest BCUT2D eigenvalue weighted by Gasteiger charge is 2.23. The monoisotopic (exact) mass is 483 g/mol. The first-order valence-corrected chi connectivity index (χ1v) is 12.4. The minimum atomic E-state index is -0.478. The van der Waals surface area contributed by atoms with Crippen LogP contribution in [0.1, 0.15) is 30.0 Å². The molecule has 0 bridgehead atoms. The maximum absolute atomic E-state index is 12.5. The van der Waals surface area contributed by atoms with Crippen molar-refractivity contribution >= 4 is 29.3 Å². The molecule has 7 heteroatoms. The predicted octanol–water partition coefficient (Wildman–Crippen LogP) is 3.54. The number of carbonyl (C=O) groups excluding carboxylic acids is 1. The average Bonchev–Trinajstić information content (AvgIpc) is 3.28. The first-order valence-electron chi connectivity index (χ1n) is 12.1. The maximum Gasteiger partial charge on any atom is 0.247 e. The van der Waals surface area contributed by atoms with Gasteiger partial charge in [-0.2, -0.15) is 0 Å². The van der Waals surface area contributed by atoms with E-state index in [4.69, 9.17) is 16.3 Å². The molecule has 2 aromatic rings. The van der Waals surface area contributed by atoms with Gasteiger partial charge >= 0.3 is 0 Å². The number of nitrogens with zero attached hydrogens (tertiary/aromatic N) is 2. The highest BCUT2D eigenvalue weighted by atomic mass is 35.5. The molecule has 1 saturated heterocycles. The van der Waals surface area contributed by atoms with E-state index in [0.29, 0.717) is 31.0 Å². The second kappa shape index (κ2) is 11.3. The third-order valence-electron chi connectivity index (χ3n) is 6.70. The SMILES string of the molecule is CCc1cc(Cl)c(OC)c(N2CCN(CC(O)CCNC(=O)C3=Cc4ccccc4C3)CC2)c1. The number of hydrogen-bond acceptors (Lipinski definition) is 5. The van der Waals surface area contributed by atoms with E-state index in [0.717, 1.165) is 55.2 Å². The fourth-order valence-corrected chi connectivity index (χ4v) is 5.04. The fraction of sp³-hybridized carbons (Fsp3) is 0.444. The van der Waals surface area contributed by atoms with E-state index in [1.807, 2.05) is 30.3 Å². The lowest BCUT2D eigenvalue weighted by molar-refractivity contribution is -0.117. The molecule has 2 aromatic carbocycles. The summed E-state index contributed by atoms with van der Waals surface area (Å²) in [6.45, 7) is 6.58. The Morgan fingerprint density at radius 2 is 1.97 bits per heavy atom. The number of aliphatic hydroxyl groups excluding tert-OH is 1. The van der Waals surface area contributed by atoms with Gasteiger partial charge in [-0.1, -0.05) is 42.8 Å². The molecular formula is C27H34ClN3O3. The van der Waals surface area contributed by atoms with Crippen molar-refractivity contribution in [2.75, 3.05) is 51.3 Å². The highest BCUT2D eigenvalue weighted by molar-refractivity contribution is 6.32. The number of piperazine rings is 1. The van der Waals surface area contributed by atoms with Crippen LogP contribution in [0.3, 0.4) is 0 Å². The van der Waals surface area contributed by atoms with Gasteiger partial charge in [-0.05, 0) is 47.7 Å². The topological polar surface area (TPSA) is 65.0 Å². The Labute approximate surface area is 207 Å². The number of aliphatic hydroxyl groups is 1. The van der Waals surface area contributed by atoms with E-state index in [2.05, 4.69) is 34.2 Å². The lowest BCUT2D eigenvalue weighted by Crippen LogP contribution is -2.49. The zero-order valence-corrected chi connectivity index (χ0v) is 20.8. The summed E-state index contributed by atoms with van der Waals surface area (Å²) in [5, 5.41) is 14.1. The molecule has 1 amide bonds. The number of anilines is 1. The van der Waals surface area contributed by atoms with Crippen LogP contribution in [0.25, 0.3) is 6.08 Å². The molecule has 2 N–H and O–H groups in total. The Balaban J connectivity index is 1.21. The van der Waals surface area contributed by atoms with Gasteiger partial charge < -0.3 is 20.1 Å². The van der Waals surface area contributed by atoms with Crippen LogP contribution in [-0.4, -0.2) is 68.4 Å². The van der Waals surface area contributed by atoms with Crippen LogP contribution in [0.2, 0.25) is 5.02 Å². The van der Waals surface area contributed by atoms with Gasteiger partial charge in [0.15, 0.2) is 5.75 Å². The Kier molecular flexibility index (Phi) is 8.14. The Hall–Kier alpha value is -2.54. The summed E-state index contributed by atoms with van der Waals surface area (Å²) in [4.78, 5) is 17.1. The molecule has 1 heterocycles. The first kappa shape index (κ1) is 24.6. The average molecular weight is 484 g/mol. The summed E-state index contributed by atoms with van der Waals surface area (Å²) >= 11 is 6.44. The van der Waals surface area contributed by atoms with E-state index in [9.17, 15) is 9.90 Å². The number of ether oxygens (including phenoxy) is 1. The molecular weight excluding hydrogens is 450 g/mol. The molecule has 0 saturated carbocycles. The van der Waals surface area contributed by atoms with Gasteiger partial charge in [0, 0.05) is 51.3 Å². The summed E-state index contributed by atoms with van der Waals surface area (Å²) in [6.07, 6.45) is 3.61. The van der Waals surface area contributed by atoms with Gasteiger partial charge in [-0.15, -0.1) is 0 Å². The fourth-order valence-electron chi connectivity index (χ4n) is 4.73. The molecule has 4 rings (SSSR count). The van der Waals surface area contributed by atoms with E-state index >= 15 is 0 Å². The van der Waals surface area contributed by atoms with E-state index < -0.39 is 6.10 Å². The van der Waals surface area contributed by atoms with Crippen LogP contribution < -0.4 is 15.0 Å². The van der Waals surface area contributed by atoms with Crippen molar-refractivity contribution in [2.45, 2.75) is 32.3 Å². The lowest BCUT2D eigenvalue weighted by atomic mass is 10.1. The van der Waals surface area contributed by atoms with Crippen molar-refractivity contribution < 1.29 is 14.6 Å². The number of aryl methyl sites for hydroxylation is 1. The molecule has 1 aliphatic heterocycles. The summed E-state index contributed by atoms with van der Waals surface area (Å²) in [6, 6.07) is 12.2. The number of amides is 1. The smallest absolute Gasteiger partial charge is 0.247 e. The summed E-state index contributed by atoms with van der Waals surface area (Å²) in [5.74, 6) is 0.683. The summed E-state index contributed by atoms with van der Waals surface area (Å²) in [5.41, 5.74) is 5.33. The number of rotatable bonds is 9. The van der Waals surface area contributed by atoms with Crippen molar-refractivity contribution in [3.63, 3.8) is 0 Å². The molecule has 1 atom stereocenters. The zero-order chi connectivity index (χ0) is 24.1. The van der Waals surface area contributed by atoms with Crippen molar-refractivity contribution in [3.8, 4) is 5.75 Å². The van der Waals surface area contributed by atoms with Crippen LogP contribution >= 0.6 is 11.6 Å². The van der Waals surface area contributed by atoms with Gasteiger partial charge in [-0.3, -0.25) is 9.69 Å². The number of fused-ring (bicyclic) bond motifs is 1. The van der Waals surface area contributed by atoms with Crippen molar-refractivity contribution in [1.29, 1.82) is 0 Å². The van der Waals surface area contributed by atoms with Crippen LogP contribution in [0, 0.1) is 0 Å². The van der Waals surface area contributed by atoms with Gasteiger partial charge in [-0.25, -0.2) is 0 Å². The molecule has 34 heavy (non-hydrogen) atoms. The summed E-state index contributed by atoms with van der Waals surface area (Å²) < 4.78 is 5.57. The van der Waals surface area contributed by atoms with Crippen molar-refractivity contribution in [2.24, 2.45) is 0 Å². The highest BCUT2D eigenvalue weighted by Crippen LogP contribution is 2.37. The molecule has 1 unspecified atom stereocenters. The number of β-amino-alcohol motifs (C(OH)–C–C–N with tert-alkyl or cyclic N) is 1. The van der Waals surface area contributed by atoms with Crippen molar-refractivity contribution in [1.82, 2.24) is 10.2 Å². The Bertz CT molecular complexity index is 1050. The second-order valence-electron chi connectivity index (χ2n) is 9.01. The molecule has 1 aliphatic carbocycles. The Morgan fingerprint density at radius 3 is 2.68 bits per heavy atom. The standard InChI is InChI=1S/C27H34ClN3O3/c1-3-19-14-24(28)26(34-2)25(15-19)31-12-10-30(11-13-31)18-23(32)8-9-29-27(33)22-16-20-6-4-5-7-21(20)17-22/h4-7,14-16,23,32H,3,8-13,17-18H2,1-2H3,(H,29,33). The normalized spacial score (nSPS) is 16.7. The van der Waals surface area contributed by atoms with E-state index in [-0.39, 0.29) is 5.91 Å². The Morgan fingerprint density at radius 1 is 1.21 bits per heavy atom. The van der Waals surface area contributed by atoms with E-state index in [1.165, 1.54) is 11.1 Å². The minimum Gasteiger partial charge on any atom is -0.493 e. The first-order chi connectivity index (χ1) is 16.5. The molecule has 0 spiro atoms. The van der Waals surface area contributed by atoms with Crippen LogP contribution in [0.5, 0.6) is 5.75 Å². The molecule has 2 aliphatic rings. The second-order valence-corrected chi connectivity index (χ2v) is 9.42. The number of nitrogens with one attached hydrogen (secondary N) is 1. The number of carbonyl (C=O) groups is 1. The van der Waals surface area contributed by atoms with Gasteiger partial charge in [0.25, 0.3) is 0 Å². The molecule has 6 nitrogen and oxygen atoms in total. The number of hydrogen-bond donors (Lipinski definition) is 2. The van der Waals surface area contributed by atoms with Gasteiger partial charge in [0.1, 0.15) is 0 Å². The third-order valence-corrected chi connectivity index (χ3v) is 6.98. The van der Waals surface area contributed by atoms with Crippen LogP contribution in [0.4, 0.5) is 5.69 Å². The molecule has 182 valence electrons. The quantitative estimate of drug-likeness (QED) is 0.571. The number of benzene rings is 2. The third kappa shape index (κ3) is 5.74.